The molecule has 0 saturated heterocycles. The van der Waals surface area contributed by atoms with E-state index in [1.54, 1.807) is 7.11 Å². The summed E-state index contributed by atoms with van der Waals surface area (Å²) in [4.78, 5) is 18.7. The summed E-state index contributed by atoms with van der Waals surface area (Å²) in [6.45, 7) is 0.539. The first-order chi connectivity index (χ1) is 16.6. The van der Waals surface area contributed by atoms with Gasteiger partial charge in [0.2, 0.25) is 0 Å². The van der Waals surface area contributed by atoms with Gasteiger partial charge in [0, 0.05) is 22.5 Å². The van der Waals surface area contributed by atoms with Gasteiger partial charge in [0.15, 0.2) is 5.82 Å². The molecule has 1 aliphatic carbocycles. The lowest BCUT2D eigenvalue weighted by Gasteiger charge is -2.36. The van der Waals surface area contributed by atoms with E-state index in [1.165, 1.54) is 19.3 Å². The summed E-state index contributed by atoms with van der Waals surface area (Å²) in [6, 6.07) is 17.7. The molecule has 4 aromatic rings. The maximum Gasteiger partial charge on any atom is 0.253 e. The highest BCUT2D eigenvalue weighted by atomic mass is 16.5. The normalized spacial score (nSPS) is 15.6. The Bertz CT molecular complexity index is 1310. The molecule has 5 rings (SSSR count). The van der Waals surface area contributed by atoms with E-state index in [0.717, 1.165) is 35.1 Å². The van der Waals surface area contributed by atoms with Gasteiger partial charge in [0.1, 0.15) is 11.8 Å². The van der Waals surface area contributed by atoms with Crippen molar-refractivity contribution < 1.29 is 4.74 Å². The van der Waals surface area contributed by atoms with Crippen LogP contribution in [0.4, 0.5) is 0 Å². The van der Waals surface area contributed by atoms with Crippen LogP contribution in [0, 0.1) is 0 Å². The van der Waals surface area contributed by atoms with Crippen LogP contribution in [-0.2, 0) is 6.54 Å². The number of aromatic nitrogens is 5. The molecule has 176 valence electrons. The van der Waals surface area contributed by atoms with E-state index in [-0.39, 0.29) is 11.6 Å². The zero-order chi connectivity index (χ0) is 23.5. The third-order valence-electron chi connectivity index (χ3n) is 6.91. The summed E-state index contributed by atoms with van der Waals surface area (Å²) in [5.41, 5.74) is 2.39. The smallest absolute Gasteiger partial charge is 0.253 e. The first-order valence-electron chi connectivity index (χ1n) is 11.9. The van der Waals surface area contributed by atoms with Gasteiger partial charge in [-0.2, -0.15) is 0 Å². The number of pyridine rings is 1. The highest BCUT2D eigenvalue weighted by molar-refractivity contribution is 5.80. The number of nitrogens with zero attached hydrogens (tertiary/aromatic N) is 5. The molecule has 0 aliphatic heterocycles. The lowest BCUT2D eigenvalue weighted by Crippen LogP contribution is -2.40. The number of methoxy groups -OCH3 is 1. The van der Waals surface area contributed by atoms with E-state index >= 15 is 0 Å². The SMILES string of the molecule is COc1ccc2[nH]c(=O)c([C@H](c3nnnn3Cc3ccccc3)N(C)C3CCCCC3)cc2c1. The minimum atomic E-state index is -0.374. The van der Waals surface area contributed by atoms with E-state index in [1.807, 2.05) is 47.1 Å². The first kappa shape index (κ1) is 22.3. The van der Waals surface area contributed by atoms with Gasteiger partial charge in [-0.3, -0.25) is 9.69 Å². The third kappa shape index (κ3) is 4.46. The van der Waals surface area contributed by atoms with E-state index < -0.39 is 0 Å². The molecule has 2 heterocycles. The maximum absolute atomic E-state index is 13.4. The molecule has 1 aliphatic rings. The van der Waals surface area contributed by atoms with Crippen molar-refractivity contribution in [3.05, 3.63) is 81.9 Å². The molecule has 1 N–H and O–H groups in total. The van der Waals surface area contributed by atoms with Gasteiger partial charge in [-0.15, -0.1) is 5.10 Å². The third-order valence-corrected chi connectivity index (χ3v) is 6.91. The second-order valence-corrected chi connectivity index (χ2v) is 9.05. The van der Waals surface area contributed by atoms with E-state index in [0.29, 0.717) is 24.0 Å². The molecule has 1 fully saturated rings. The monoisotopic (exact) mass is 458 g/mol. The van der Waals surface area contributed by atoms with Crippen LogP contribution in [-0.4, -0.2) is 50.3 Å². The molecule has 0 bridgehead atoms. The Labute approximate surface area is 198 Å². The molecule has 34 heavy (non-hydrogen) atoms. The second kappa shape index (κ2) is 9.77. The number of rotatable bonds is 7. The number of tetrazole rings is 1. The first-order valence-corrected chi connectivity index (χ1v) is 11.9. The van der Waals surface area contributed by atoms with E-state index in [9.17, 15) is 4.79 Å². The van der Waals surface area contributed by atoms with Crippen molar-refractivity contribution in [2.24, 2.45) is 0 Å². The Balaban J connectivity index is 1.62. The summed E-state index contributed by atoms with van der Waals surface area (Å²) in [5, 5.41) is 13.7. The van der Waals surface area contributed by atoms with Crippen molar-refractivity contribution in [1.82, 2.24) is 30.1 Å². The van der Waals surface area contributed by atoms with E-state index in [2.05, 4.69) is 44.6 Å². The molecule has 1 saturated carbocycles. The van der Waals surface area contributed by atoms with Crippen LogP contribution in [0.3, 0.4) is 0 Å². The van der Waals surface area contributed by atoms with Gasteiger partial charge in [0.25, 0.3) is 5.56 Å². The fourth-order valence-corrected chi connectivity index (χ4v) is 5.05. The summed E-state index contributed by atoms with van der Waals surface area (Å²) < 4.78 is 7.23. The van der Waals surface area contributed by atoms with Crippen molar-refractivity contribution in [1.29, 1.82) is 0 Å². The highest BCUT2D eigenvalue weighted by Gasteiger charge is 2.33. The number of ether oxygens (including phenoxy) is 1. The van der Waals surface area contributed by atoms with Crippen molar-refractivity contribution in [2.45, 2.75) is 50.7 Å². The van der Waals surface area contributed by atoms with Crippen LogP contribution in [0.15, 0.2) is 59.4 Å². The fourth-order valence-electron chi connectivity index (χ4n) is 5.05. The molecule has 8 heteroatoms. The number of H-pyrrole nitrogens is 1. The Hall–Kier alpha value is -3.52. The summed E-state index contributed by atoms with van der Waals surface area (Å²) >= 11 is 0. The Morgan fingerprint density at radius 2 is 1.91 bits per heavy atom. The largest absolute Gasteiger partial charge is 0.497 e. The topological polar surface area (TPSA) is 88.9 Å². The zero-order valence-electron chi connectivity index (χ0n) is 19.6. The van der Waals surface area contributed by atoms with Crippen LogP contribution < -0.4 is 10.3 Å². The minimum Gasteiger partial charge on any atom is -0.497 e. The Kier molecular flexibility index (Phi) is 6.40. The number of nitrogens with one attached hydrogen (secondary N) is 1. The highest BCUT2D eigenvalue weighted by Crippen LogP contribution is 2.32. The molecular weight excluding hydrogens is 428 g/mol. The van der Waals surface area contributed by atoms with Crippen LogP contribution in [0.25, 0.3) is 10.9 Å². The fraction of sp³-hybridized carbons (Fsp3) is 0.385. The number of aromatic amines is 1. The molecule has 0 amide bonds. The van der Waals surface area contributed by atoms with Crippen LogP contribution in [0.5, 0.6) is 5.75 Å². The predicted molar refractivity (Wildman–Crippen MR) is 131 cm³/mol. The molecule has 0 unspecified atom stereocenters. The van der Waals surface area contributed by atoms with Crippen molar-refractivity contribution in [3.63, 3.8) is 0 Å². The van der Waals surface area contributed by atoms with E-state index in [4.69, 9.17) is 4.74 Å². The predicted octanol–water partition coefficient (Wildman–Crippen LogP) is 3.93. The van der Waals surface area contributed by atoms with Crippen molar-refractivity contribution in [3.8, 4) is 5.75 Å². The Morgan fingerprint density at radius 1 is 1.12 bits per heavy atom. The molecular formula is C26H30N6O2. The average Bonchev–Trinajstić information content (AvgIpc) is 3.32. The molecule has 2 aromatic heterocycles. The second-order valence-electron chi connectivity index (χ2n) is 9.05. The number of benzene rings is 2. The Morgan fingerprint density at radius 3 is 2.68 bits per heavy atom. The molecule has 0 spiro atoms. The molecule has 0 radical (unpaired) electrons. The van der Waals surface area contributed by atoms with Gasteiger partial charge >= 0.3 is 0 Å². The van der Waals surface area contributed by atoms with Gasteiger partial charge in [0.05, 0.1) is 13.7 Å². The molecule has 1 atom stereocenters. The van der Waals surface area contributed by atoms with Crippen LogP contribution in [0.1, 0.15) is 55.1 Å². The molecule has 2 aromatic carbocycles. The zero-order valence-corrected chi connectivity index (χ0v) is 19.6. The lowest BCUT2D eigenvalue weighted by atomic mass is 9.92. The van der Waals surface area contributed by atoms with Crippen LogP contribution >= 0.6 is 0 Å². The van der Waals surface area contributed by atoms with Crippen molar-refractivity contribution in [2.75, 3.05) is 14.2 Å². The average molecular weight is 459 g/mol. The summed E-state index contributed by atoms with van der Waals surface area (Å²) in [7, 11) is 3.74. The number of fused-ring (bicyclic) bond motifs is 1. The number of hydrogen-bond acceptors (Lipinski definition) is 6. The standard InChI is InChI=1S/C26H30N6O2/c1-31(20-11-7-4-8-12-20)24(25-28-29-30-32(25)17-18-9-5-3-6-10-18)22-16-19-15-21(34-2)13-14-23(19)27-26(22)33/h3,5-6,9-10,13-16,20,24H,4,7-8,11-12,17H2,1-2H3,(H,27,33)/t24-/m1/s1. The minimum absolute atomic E-state index is 0.125. The lowest BCUT2D eigenvalue weighted by molar-refractivity contribution is 0.149. The molecule has 8 nitrogen and oxygen atoms in total. The van der Waals surface area contributed by atoms with Gasteiger partial charge in [-0.1, -0.05) is 49.6 Å². The van der Waals surface area contributed by atoms with Gasteiger partial charge in [-0.25, -0.2) is 4.68 Å². The summed E-state index contributed by atoms with van der Waals surface area (Å²) in [6.07, 6.45) is 5.86. The maximum atomic E-state index is 13.4. The number of hydrogen-bond donors (Lipinski definition) is 1. The quantitative estimate of drug-likeness (QED) is 0.451. The van der Waals surface area contributed by atoms with Crippen molar-refractivity contribution >= 4 is 10.9 Å². The summed E-state index contributed by atoms with van der Waals surface area (Å²) in [5.74, 6) is 1.42. The van der Waals surface area contributed by atoms with Gasteiger partial charge in [-0.05, 0) is 60.1 Å². The van der Waals surface area contributed by atoms with Crippen LogP contribution in [0.2, 0.25) is 0 Å². The van der Waals surface area contributed by atoms with Gasteiger partial charge < -0.3 is 9.72 Å².